The van der Waals surface area contributed by atoms with Gasteiger partial charge in [-0.25, -0.2) is 4.79 Å². The molecule has 0 saturated heterocycles. The topological polar surface area (TPSA) is 75.0 Å². The van der Waals surface area contributed by atoms with Crippen molar-refractivity contribution in [1.82, 2.24) is 0 Å². The minimum Gasteiger partial charge on any atom is -0.479 e. The van der Waals surface area contributed by atoms with Crippen LogP contribution in [0.3, 0.4) is 0 Å². The first-order chi connectivity index (χ1) is 14.3. The number of hydrogen-bond acceptors (Lipinski definition) is 6. The molecule has 1 heterocycles. The second kappa shape index (κ2) is 9.03. The number of benzene rings is 2. The third kappa shape index (κ3) is 4.82. The Morgan fingerprint density at radius 1 is 0.967 bits per heavy atom. The highest BCUT2D eigenvalue weighted by atomic mass is 16.6. The molecule has 6 nitrogen and oxygen atoms in total. The second-order valence-corrected chi connectivity index (χ2v) is 7.63. The van der Waals surface area contributed by atoms with Crippen LogP contribution in [-0.2, 0) is 9.53 Å². The molecule has 3 rings (SSSR count). The fourth-order valence-electron chi connectivity index (χ4n) is 2.98. The third-order valence-corrected chi connectivity index (χ3v) is 4.47. The van der Waals surface area contributed by atoms with Crippen molar-refractivity contribution < 1.29 is 23.4 Å². The smallest absolute Gasteiger partial charge is 0.347 e. The van der Waals surface area contributed by atoms with Crippen molar-refractivity contribution in [2.24, 2.45) is 0 Å². The normalized spacial score (nSPS) is 12.2. The van der Waals surface area contributed by atoms with E-state index in [-0.39, 0.29) is 23.2 Å². The van der Waals surface area contributed by atoms with Crippen LogP contribution in [0.25, 0.3) is 11.0 Å². The molecule has 0 saturated carbocycles. The number of ether oxygens (including phenoxy) is 3. The third-order valence-electron chi connectivity index (χ3n) is 4.47. The molecule has 1 aromatic heterocycles. The molecule has 0 aliphatic heterocycles. The maximum absolute atomic E-state index is 12.9. The Morgan fingerprint density at radius 3 is 2.40 bits per heavy atom. The Bertz CT molecular complexity index is 1100. The number of hydrogen-bond donors (Lipinski definition) is 0. The largest absolute Gasteiger partial charge is 0.479 e. The maximum atomic E-state index is 12.9. The zero-order valence-corrected chi connectivity index (χ0v) is 17.8. The molecule has 0 radical (unpaired) electrons. The van der Waals surface area contributed by atoms with Crippen LogP contribution in [0.2, 0.25) is 0 Å². The van der Waals surface area contributed by atoms with Crippen molar-refractivity contribution in [3.05, 3.63) is 64.5 Å². The van der Waals surface area contributed by atoms with Gasteiger partial charge in [-0.15, -0.1) is 0 Å². The van der Waals surface area contributed by atoms with Crippen LogP contribution in [0, 0.1) is 0 Å². The lowest BCUT2D eigenvalue weighted by Gasteiger charge is -2.16. The van der Waals surface area contributed by atoms with E-state index < -0.39 is 12.1 Å². The number of carbonyl (C=O) groups is 1. The molecule has 0 aliphatic carbocycles. The average Bonchev–Trinajstić information content (AvgIpc) is 2.70. The molecule has 30 heavy (non-hydrogen) atoms. The van der Waals surface area contributed by atoms with E-state index in [1.807, 2.05) is 24.3 Å². The minimum absolute atomic E-state index is 0.109. The summed E-state index contributed by atoms with van der Waals surface area (Å²) in [5.74, 6) is 0.921. The van der Waals surface area contributed by atoms with Gasteiger partial charge in [0, 0.05) is 6.07 Å². The van der Waals surface area contributed by atoms with Crippen LogP contribution in [0.1, 0.15) is 46.1 Å². The molecule has 6 heteroatoms. The first kappa shape index (κ1) is 21.4. The van der Waals surface area contributed by atoms with E-state index in [0.29, 0.717) is 22.5 Å². The standard InChI is InChI=1S/C24H26O6/c1-14(2)18-8-6-7-9-20(18)30-22-13-27-21-12-17(10-11-19(21)23(22)25)29-16(5)24(26)28-15(3)4/h6-16H,1-5H3/t16-/m1/s1. The lowest BCUT2D eigenvalue weighted by atomic mass is 10.0. The molecular formula is C24H26O6. The summed E-state index contributed by atoms with van der Waals surface area (Å²) in [6.07, 6.45) is 0.284. The van der Waals surface area contributed by atoms with Crippen LogP contribution in [0.4, 0.5) is 0 Å². The first-order valence-corrected chi connectivity index (χ1v) is 9.95. The Balaban J connectivity index is 1.85. The summed E-state index contributed by atoms with van der Waals surface area (Å²) in [5, 5.41) is 0.360. The van der Waals surface area contributed by atoms with Gasteiger partial charge in [0.25, 0.3) is 0 Å². The number of esters is 1. The van der Waals surface area contributed by atoms with Crippen molar-refractivity contribution in [1.29, 1.82) is 0 Å². The number of rotatable bonds is 7. The molecule has 2 aromatic carbocycles. The highest BCUT2D eigenvalue weighted by molar-refractivity contribution is 5.79. The molecule has 0 fully saturated rings. The molecule has 0 aliphatic rings. The van der Waals surface area contributed by atoms with Crippen LogP contribution in [0.15, 0.2) is 57.9 Å². The summed E-state index contributed by atoms with van der Waals surface area (Å²) in [4.78, 5) is 24.8. The monoisotopic (exact) mass is 410 g/mol. The molecule has 0 bridgehead atoms. The van der Waals surface area contributed by atoms with Gasteiger partial charge in [0.2, 0.25) is 11.2 Å². The van der Waals surface area contributed by atoms with Gasteiger partial charge in [-0.2, -0.15) is 0 Å². The predicted octanol–water partition coefficient (Wildman–Crippen LogP) is 5.43. The predicted molar refractivity (Wildman–Crippen MR) is 114 cm³/mol. The Labute approximate surface area is 175 Å². The van der Waals surface area contributed by atoms with Gasteiger partial charge in [0.05, 0.1) is 11.5 Å². The van der Waals surface area contributed by atoms with E-state index in [4.69, 9.17) is 18.6 Å². The lowest BCUT2D eigenvalue weighted by Crippen LogP contribution is -2.28. The van der Waals surface area contributed by atoms with E-state index in [2.05, 4.69) is 13.8 Å². The van der Waals surface area contributed by atoms with Gasteiger partial charge in [-0.1, -0.05) is 32.0 Å². The van der Waals surface area contributed by atoms with E-state index >= 15 is 0 Å². The molecule has 3 aromatic rings. The molecule has 0 spiro atoms. The highest BCUT2D eigenvalue weighted by Gasteiger charge is 2.19. The second-order valence-electron chi connectivity index (χ2n) is 7.63. The highest BCUT2D eigenvalue weighted by Crippen LogP contribution is 2.30. The summed E-state index contributed by atoms with van der Waals surface area (Å²) in [6.45, 7) is 9.27. The molecule has 0 unspecified atom stereocenters. The fraction of sp³-hybridized carbons (Fsp3) is 0.333. The van der Waals surface area contributed by atoms with Crippen LogP contribution >= 0.6 is 0 Å². The summed E-state index contributed by atoms with van der Waals surface area (Å²) < 4.78 is 22.3. The van der Waals surface area contributed by atoms with Gasteiger partial charge >= 0.3 is 5.97 Å². The van der Waals surface area contributed by atoms with E-state index in [0.717, 1.165) is 5.56 Å². The Morgan fingerprint density at radius 2 is 1.70 bits per heavy atom. The summed E-state index contributed by atoms with van der Waals surface area (Å²) in [5.41, 5.74) is 1.06. The van der Waals surface area contributed by atoms with E-state index in [1.165, 1.54) is 6.26 Å². The molecule has 0 amide bonds. The van der Waals surface area contributed by atoms with E-state index in [1.54, 1.807) is 39.0 Å². The SMILES string of the molecule is CC(C)OC(=O)[C@@H](C)Oc1ccc2c(=O)c(Oc3ccccc3C(C)C)coc2c1. The van der Waals surface area contributed by atoms with Crippen molar-refractivity contribution in [2.75, 3.05) is 0 Å². The maximum Gasteiger partial charge on any atom is 0.347 e. The fourth-order valence-corrected chi connectivity index (χ4v) is 2.98. The zero-order chi connectivity index (χ0) is 21.8. The van der Waals surface area contributed by atoms with Crippen LogP contribution in [-0.4, -0.2) is 18.2 Å². The van der Waals surface area contributed by atoms with Gasteiger partial charge in [0.1, 0.15) is 23.3 Å². The van der Waals surface area contributed by atoms with Crippen molar-refractivity contribution in [3.63, 3.8) is 0 Å². The molecule has 0 N–H and O–H groups in total. The van der Waals surface area contributed by atoms with Crippen LogP contribution < -0.4 is 14.9 Å². The van der Waals surface area contributed by atoms with Crippen molar-refractivity contribution in [2.45, 2.75) is 52.7 Å². The number of para-hydroxylation sites is 1. The summed E-state index contributed by atoms with van der Waals surface area (Å²) in [6, 6.07) is 12.4. The first-order valence-electron chi connectivity index (χ1n) is 9.95. The Kier molecular flexibility index (Phi) is 6.45. The zero-order valence-electron chi connectivity index (χ0n) is 17.8. The van der Waals surface area contributed by atoms with Crippen molar-refractivity contribution in [3.8, 4) is 17.2 Å². The van der Waals surface area contributed by atoms with Gasteiger partial charge in [0.15, 0.2) is 6.10 Å². The van der Waals surface area contributed by atoms with E-state index in [9.17, 15) is 9.59 Å². The average molecular weight is 410 g/mol. The summed E-state index contributed by atoms with van der Waals surface area (Å²) >= 11 is 0. The quantitative estimate of drug-likeness (QED) is 0.484. The lowest BCUT2D eigenvalue weighted by molar-refractivity contribution is -0.154. The van der Waals surface area contributed by atoms with Crippen molar-refractivity contribution >= 4 is 16.9 Å². The van der Waals surface area contributed by atoms with Crippen LogP contribution in [0.5, 0.6) is 17.2 Å². The van der Waals surface area contributed by atoms with Gasteiger partial charge < -0.3 is 18.6 Å². The number of carbonyl (C=O) groups excluding carboxylic acids is 1. The minimum atomic E-state index is -0.785. The molecular weight excluding hydrogens is 384 g/mol. The summed E-state index contributed by atoms with van der Waals surface area (Å²) in [7, 11) is 0. The molecule has 1 atom stereocenters. The van der Waals surface area contributed by atoms with Gasteiger partial charge in [-0.3, -0.25) is 4.79 Å². The van der Waals surface area contributed by atoms with Gasteiger partial charge in [-0.05, 0) is 50.5 Å². The Hall–Kier alpha value is -3.28. The number of fused-ring (bicyclic) bond motifs is 1. The molecule has 158 valence electrons.